The second-order valence-corrected chi connectivity index (χ2v) is 9.85. The zero-order valence-electron chi connectivity index (χ0n) is 19.7. The first-order valence-electron chi connectivity index (χ1n) is 11.4. The largest absolute Gasteiger partial charge is 0.489 e. The Hall–Kier alpha value is -3.86. The maximum Gasteiger partial charge on any atom is 0.266 e. The van der Waals surface area contributed by atoms with E-state index in [4.69, 9.17) is 9.47 Å². The van der Waals surface area contributed by atoms with Gasteiger partial charge in [0.05, 0.1) is 0 Å². The summed E-state index contributed by atoms with van der Waals surface area (Å²) >= 11 is 6.88. The molecule has 0 aliphatic carbocycles. The molecule has 0 unspecified atom stereocenters. The van der Waals surface area contributed by atoms with E-state index in [2.05, 4.69) is 37.2 Å². The highest BCUT2D eigenvalue weighted by Crippen LogP contribution is 2.27. The molecule has 0 spiro atoms. The number of nitrogens with zero attached hydrogens (tertiary/aromatic N) is 1. The van der Waals surface area contributed by atoms with Crippen molar-refractivity contribution < 1.29 is 14.3 Å². The minimum absolute atomic E-state index is 0.0454. The first-order valence-corrected chi connectivity index (χ1v) is 13.0. The number of hydrogen-bond acceptors (Lipinski definition) is 4. The fraction of sp³-hybridized carbons (Fsp3) is 0.0667. The van der Waals surface area contributed by atoms with Crippen LogP contribution >= 0.6 is 31.9 Å². The Morgan fingerprint density at radius 2 is 1.46 bits per heavy atom. The molecule has 7 heteroatoms. The molecule has 0 aliphatic rings. The molecule has 1 N–H and O–H groups in total. The van der Waals surface area contributed by atoms with Gasteiger partial charge in [-0.15, -0.1) is 0 Å². The lowest BCUT2D eigenvalue weighted by Gasteiger charge is -2.11. The Morgan fingerprint density at radius 1 is 0.811 bits per heavy atom. The summed E-state index contributed by atoms with van der Waals surface area (Å²) in [6, 6.07) is 32.2. The summed E-state index contributed by atoms with van der Waals surface area (Å²) in [5.74, 6) is 0.727. The fourth-order valence-electron chi connectivity index (χ4n) is 3.38. The molecule has 0 heterocycles. The van der Waals surface area contributed by atoms with E-state index in [1.54, 1.807) is 36.4 Å². The SMILES string of the molecule is N#C/C(=C\c1cc(Br)ccc1OCc1ccc(Br)cc1)C(=O)Nc1ccc(OCc2ccccc2)cc1. The number of hydrogen-bond donors (Lipinski definition) is 1. The smallest absolute Gasteiger partial charge is 0.266 e. The minimum atomic E-state index is -0.515. The van der Waals surface area contributed by atoms with Crippen molar-refractivity contribution in [2.45, 2.75) is 13.2 Å². The van der Waals surface area contributed by atoms with Gasteiger partial charge in [0.2, 0.25) is 0 Å². The summed E-state index contributed by atoms with van der Waals surface area (Å²) < 4.78 is 13.6. The maximum atomic E-state index is 12.9. The Kier molecular flexibility index (Phi) is 9.14. The van der Waals surface area contributed by atoms with E-state index in [0.717, 1.165) is 20.1 Å². The average molecular weight is 618 g/mol. The molecule has 37 heavy (non-hydrogen) atoms. The monoisotopic (exact) mass is 616 g/mol. The lowest BCUT2D eigenvalue weighted by molar-refractivity contribution is -0.112. The molecule has 1 amide bonds. The normalized spacial score (nSPS) is 10.9. The quantitative estimate of drug-likeness (QED) is 0.153. The molecule has 0 atom stereocenters. The van der Waals surface area contributed by atoms with E-state index in [1.165, 1.54) is 6.08 Å². The van der Waals surface area contributed by atoms with Crippen molar-refractivity contribution in [2.24, 2.45) is 0 Å². The number of benzene rings is 4. The molecule has 5 nitrogen and oxygen atoms in total. The Labute approximate surface area is 232 Å². The number of ether oxygens (including phenoxy) is 2. The van der Waals surface area contributed by atoms with Gasteiger partial charge in [-0.1, -0.05) is 74.3 Å². The number of carbonyl (C=O) groups is 1. The van der Waals surface area contributed by atoms with Crippen LogP contribution in [0.15, 0.2) is 112 Å². The third-order valence-electron chi connectivity index (χ3n) is 5.30. The van der Waals surface area contributed by atoms with Gasteiger partial charge in [0.25, 0.3) is 5.91 Å². The highest BCUT2D eigenvalue weighted by molar-refractivity contribution is 9.10. The molecule has 4 aromatic carbocycles. The van der Waals surface area contributed by atoms with Gasteiger partial charge in [-0.25, -0.2) is 0 Å². The van der Waals surface area contributed by atoms with Crippen LogP contribution in [0, 0.1) is 11.3 Å². The van der Waals surface area contributed by atoms with Gasteiger partial charge in [0, 0.05) is 20.2 Å². The molecule has 184 valence electrons. The van der Waals surface area contributed by atoms with Crippen LogP contribution in [0.1, 0.15) is 16.7 Å². The lowest BCUT2D eigenvalue weighted by atomic mass is 10.1. The lowest BCUT2D eigenvalue weighted by Crippen LogP contribution is -2.13. The van der Waals surface area contributed by atoms with Crippen LogP contribution in [0.3, 0.4) is 0 Å². The van der Waals surface area contributed by atoms with Crippen LogP contribution in [0.4, 0.5) is 5.69 Å². The van der Waals surface area contributed by atoms with Gasteiger partial charge < -0.3 is 14.8 Å². The molecular formula is C30H22Br2N2O3. The van der Waals surface area contributed by atoms with Gasteiger partial charge in [0.15, 0.2) is 0 Å². The summed E-state index contributed by atoms with van der Waals surface area (Å²) in [4.78, 5) is 12.9. The van der Waals surface area contributed by atoms with E-state index in [1.807, 2.05) is 66.7 Å². The Morgan fingerprint density at radius 3 is 2.16 bits per heavy atom. The first-order chi connectivity index (χ1) is 18.0. The van der Waals surface area contributed by atoms with Gasteiger partial charge in [0.1, 0.15) is 36.4 Å². The number of anilines is 1. The van der Waals surface area contributed by atoms with Crippen molar-refractivity contribution in [3.05, 3.63) is 128 Å². The zero-order chi connectivity index (χ0) is 26.0. The van der Waals surface area contributed by atoms with Crippen LogP contribution in [-0.4, -0.2) is 5.91 Å². The van der Waals surface area contributed by atoms with Gasteiger partial charge in [-0.05, 0) is 71.8 Å². The number of nitrogens with one attached hydrogen (secondary N) is 1. The van der Waals surface area contributed by atoms with Crippen LogP contribution in [0.5, 0.6) is 11.5 Å². The number of carbonyl (C=O) groups excluding carboxylic acids is 1. The van der Waals surface area contributed by atoms with Crippen LogP contribution in [0.25, 0.3) is 6.08 Å². The highest BCUT2D eigenvalue weighted by atomic mass is 79.9. The Balaban J connectivity index is 1.42. The number of nitriles is 1. The van der Waals surface area contributed by atoms with Crippen molar-refractivity contribution in [3.63, 3.8) is 0 Å². The summed E-state index contributed by atoms with van der Waals surface area (Å²) in [5.41, 5.74) is 3.19. The molecule has 0 saturated heterocycles. The predicted molar refractivity (Wildman–Crippen MR) is 152 cm³/mol. The van der Waals surface area contributed by atoms with Gasteiger partial charge in [-0.2, -0.15) is 5.26 Å². The topological polar surface area (TPSA) is 71.3 Å². The molecule has 4 rings (SSSR count). The van der Waals surface area contributed by atoms with Gasteiger partial charge in [-0.3, -0.25) is 4.79 Å². The third kappa shape index (κ3) is 7.81. The van der Waals surface area contributed by atoms with Crippen molar-refractivity contribution in [2.75, 3.05) is 5.32 Å². The van der Waals surface area contributed by atoms with Crippen molar-refractivity contribution >= 4 is 49.5 Å². The van der Waals surface area contributed by atoms with E-state index < -0.39 is 5.91 Å². The molecule has 0 aliphatic heterocycles. The molecule has 4 aromatic rings. The van der Waals surface area contributed by atoms with Gasteiger partial charge >= 0.3 is 0 Å². The third-order valence-corrected chi connectivity index (χ3v) is 6.33. The summed E-state index contributed by atoms with van der Waals surface area (Å²) in [7, 11) is 0. The van der Waals surface area contributed by atoms with E-state index in [-0.39, 0.29) is 5.57 Å². The zero-order valence-corrected chi connectivity index (χ0v) is 22.8. The minimum Gasteiger partial charge on any atom is -0.489 e. The molecule has 0 saturated carbocycles. The van der Waals surface area contributed by atoms with Crippen LogP contribution < -0.4 is 14.8 Å². The summed E-state index contributed by atoms with van der Waals surface area (Å²) in [6.07, 6.45) is 1.52. The second kappa shape index (κ2) is 12.9. The summed E-state index contributed by atoms with van der Waals surface area (Å²) in [6.45, 7) is 0.801. The fourth-order valence-corrected chi connectivity index (χ4v) is 4.03. The second-order valence-electron chi connectivity index (χ2n) is 8.02. The number of rotatable bonds is 9. The molecular weight excluding hydrogens is 596 g/mol. The molecule has 0 radical (unpaired) electrons. The maximum absolute atomic E-state index is 12.9. The van der Waals surface area contributed by atoms with Crippen molar-refractivity contribution in [1.29, 1.82) is 5.26 Å². The van der Waals surface area contributed by atoms with E-state index >= 15 is 0 Å². The predicted octanol–water partition coefficient (Wildman–Crippen LogP) is 7.92. The van der Waals surface area contributed by atoms with E-state index in [9.17, 15) is 10.1 Å². The first kappa shape index (κ1) is 26.2. The van der Waals surface area contributed by atoms with E-state index in [0.29, 0.717) is 36.0 Å². The van der Waals surface area contributed by atoms with Crippen LogP contribution in [0.2, 0.25) is 0 Å². The summed E-state index contributed by atoms with van der Waals surface area (Å²) in [5, 5.41) is 12.5. The molecule has 0 fully saturated rings. The Bertz CT molecular complexity index is 1430. The standard InChI is InChI=1S/C30H22Br2N2O3/c31-25-8-6-22(7-9-25)20-37-29-15-10-26(32)17-23(29)16-24(18-33)30(35)34-27-11-13-28(14-12-27)36-19-21-4-2-1-3-5-21/h1-17H,19-20H2,(H,34,35)/b24-16+. The number of amides is 1. The molecule has 0 bridgehead atoms. The average Bonchev–Trinajstić information content (AvgIpc) is 2.92. The van der Waals surface area contributed by atoms with Crippen LogP contribution in [-0.2, 0) is 18.0 Å². The van der Waals surface area contributed by atoms with Crippen molar-refractivity contribution in [1.82, 2.24) is 0 Å². The number of halogens is 2. The highest BCUT2D eigenvalue weighted by Gasteiger charge is 2.12. The molecule has 0 aromatic heterocycles. The van der Waals surface area contributed by atoms with Crippen molar-refractivity contribution in [3.8, 4) is 17.6 Å².